The third kappa shape index (κ3) is 7.88. The van der Waals surface area contributed by atoms with Crippen molar-refractivity contribution in [3.05, 3.63) is 59.2 Å². The van der Waals surface area contributed by atoms with Gasteiger partial charge in [0.15, 0.2) is 6.61 Å². The average Bonchev–Trinajstić information content (AvgIpc) is 2.65. The summed E-state index contributed by atoms with van der Waals surface area (Å²) in [6.45, 7) is 3.99. The molecule has 2 rings (SSSR count). The SMILES string of the molecule is Cc1ccc(SCC(=O)OCC(=O)NCCc2ccc(S(N)(=O)=O)cc2)c(C)c1. The fourth-order valence-corrected chi connectivity index (χ4v) is 3.85. The molecule has 0 radical (unpaired) electrons. The highest BCUT2D eigenvalue weighted by Crippen LogP contribution is 2.23. The molecule has 2 aromatic rings. The van der Waals surface area contributed by atoms with Crippen molar-refractivity contribution >= 4 is 33.7 Å². The number of sulfonamides is 1. The second kappa shape index (κ2) is 10.4. The number of rotatable bonds is 9. The lowest BCUT2D eigenvalue weighted by atomic mass is 10.1. The van der Waals surface area contributed by atoms with Gasteiger partial charge in [0.1, 0.15) is 0 Å². The van der Waals surface area contributed by atoms with Crippen molar-refractivity contribution in [2.75, 3.05) is 18.9 Å². The Morgan fingerprint density at radius 2 is 1.79 bits per heavy atom. The minimum Gasteiger partial charge on any atom is -0.455 e. The highest BCUT2D eigenvalue weighted by Gasteiger charge is 2.10. The van der Waals surface area contributed by atoms with Gasteiger partial charge in [0.05, 0.1) is 10.6 Å². The van der Waals surface area contributed by atoms with E-state index >= 15 is 0 Å². The van der Waals surface area contributed by atoms with Crippen molar-refractivity contribution in [1.82, 2.24) is 5.32 Å². The van der Waals surface area contributed by atoms with Gasteiger partial charge in [0, 0.05) is 11.4 Å². The Bertz CT molecular complexity index is 973. The lowest BCUT2D eigenvalue weighted by Gasteiger charge is -2.08. The van der Waals surface area contributed by atoms with E-state index in [9.17, 15) is 18.0 Å². The fraction of sp³-hybridized carbons (Fsp3) is 0.300. The number of nitrogens with two attached hydrogens (primary N) is 1. The van der Waals surface area contributed by atoms with Crippen LogP contribution in [0, 0.1) is 13.8 Å². The van der Waals surface area contributed by atoms with E-state index in [0.717, 1.165) is 21.6 Å². The fourth-order valence-electron chi connectivity index (χ4n) is 2.53. The number of ether oxygens (including phenoxy) is 1. The zero-order valence-electron chi connectivity index (χ0n) is 16.3. The van der Waals surface area contributed by atoms with Crippen LogP contribution in [-0.4, -0.2) is 39.2 Å². The summed E-state index contributed by atoms with van der Waals surface area (Å²) in [5.41, 5.74) is 3.10. The van der Waals surface area contributed by atoms with Crippen LogP contribution in [0.25, 0.3) is 0 Å². The number of nitrogens with one attached hydrogen (secondary N) is 1. The number of hydrogen-bond donors (Lipinski definition) is 2. The maximum absolute atomic E-state index is 11.8. The number of hydrogen-bond acceptors (Lipinski definition) is 6. The van der Waals surface area contributed by atoms with Crippen molar-refractivity contribution in [1.29, 1.82) is 0 Å². The zero-order chi connectivity index (χ0) is 21.4. The van der Waals surface area contributed by atoms with Gasteiger partial charge in [-0.3, -0.25) is 9.59 Å². The second-order valence-electron chi connectivity index (χ2n) is 6.51. The van der Waals surface area contributed by atoms with Crippen LogP contribution in [0.15, 0.2) is 52.3 Å². The van der Waals surface area contributed by atoms with Gasteiger partial charge in [-0.1, -0.05) is 29.8 Å². The number of amides is 1. The molecule has 9 heteroatoms. The largest absolute Gasteiger partial charge is 0.455 e. The van der Waals surface area contributed by atoms with Crippen LogP contribution < -0.4 is 10.5 Å². The predicted octanol–water partition coefficient (Wildman–Crippen LogP) is 1.95. The first-order valence-corrected chi connectivity index (χ1v) is 11.4. The van der Waals surface area contributed by atoms with Gasteiger partial charge >= 0.3 is 5.97 Å². The summed E-state index contributed by atoms with van der Waals surface area (Å²) in [7, 11) is -3.72. The summed E-state index contributed by atoms with van der Waals surface area (Å²) >= 11 is 1.38. The minimum absolute atomic E-state index is 0.0379. The monoisotopic (exact) mass is 436 g/mol. The Hall–Kier alpha value is -2.36. The second-order valence-corrected chi connectivity index (χ2v) is 9.09. The molecular formula is C20H24N2O5S2. The lowest BCUT2D eigenvalue weighted by molar-refractivity contribution is -0.145. The maximum atomic E-state index is 11.8. The highest BCUT2D eigenvalue weighted by molar-refractivity contribution is 8.00. The molecule has 3 N–H and O–H groups in total. The Morgan fingerprint density at radius 3 is 2.41 bits per heavy atom. The van der Waals surface area contributed by atoms with E-state index in [-0.39, 0.29) is 17.3 Å². The molecule has 156 valence electrons. The molecule has 29 heavy (non-hydrogen) atoms. The van der Waals surface area contributed by atoms with Crippen LogP contribution in [0.4, 0.5) is 0 Å². The van der Waals surface area contributed by atoms with E-state index in [0.29, 0.717) is 13.0 Å². The summed E-state index contributed by atoms with van der Waals surface area (Å²) in [5.74, 6) is -0.715. The Morgan fingerprint density at radius 1 is 1.10 bits per heavy atom. The van der Waals surface area contributed by atoms with E-state index < -0.39 is 21.9 Å². The third-order valence-corrected chi connectivity index (χ3v) is 6.11. The van der Waals surface area contributed by atoms with Crippen molar-refractivity contribution in [2.24, 2.45) is 5.14 Å². The van der Waals surface area contributed by atoms with E-state index in [1.165, 1.54) is 23.9 Å². The van der Waals surface area contributed by atoms with Crippen LogP contribution in [0.3, 0.4) is 0 Å². The summed E-state index contributed by atoms with van der Waals surface area (Å²) < 4.78 is 27.4. The Labute approximate surface area is 175 Å². The lowest BCUT2D eigenvalue weighted by Crippen LogP contribution is -2.30. The van der Waals surface area contributed by atoms with Crippen LogP contribution in [-0.2, 0) is 30.8 Å². The highest BCUT2D eigenvalue weighted by atomic mass is 32.2. The van der Waals surface area contributed by atoms with Crippen LogP contribution in [0.2, 0.25) is 0 Å². The number of carbonyl (C=O) groups is 2. The first-order valence-electron chi connectivity index (χ1n) is 8.89. The van der Waals surface area contributed by atoms with E-state index in [1.807, 2.05) is 32.0 Å². The molecule has 0 spiro atoms. The molecule has 1 amide bonds. The predicted molar refractivity (Wildman–Crippen MR) is 112 cm³/mol. The van der Waals surface area contributed by atoms with Gasteiger partial charge in [0.2, 0.25) is 10.0 Å². The van der Waals surface area contributed by atoms with Gasteiger partial charge < -0.3 is 10.1 Å². The van der Waals surface area contributed by atoms with Crippen LogP contribution in [0.5, 0.6) is 0 Å². The molecule has 0 aromatic heterocycles. The maximum Gasteiger partial charge on any atom is 0.316 e. The molecule has 0 aliphatic rings. The first kappa shape index (κ1) is 22.9. The quantitative estimate of drug-likeness (QED) is 0.458. The smallest absolute Gasteiger partial charge is 0.316 e. The van der Waals surface area contributed by atoms with Crippen molar-refractivity contribution < 1.29 is 22.7 Å². The summed E-state index contributed by atoms with van der Waals surface area (Å²) in [4.78, 5) is 24.7. The summed E-state index contributed by atoms with van der Waals surface area (Å²) in [6.07, 6.45) is 0.507. The molecule has 0 saturated carbocycles. The van der Waals surface area contributed by atoms with E-state index in [2.05, 4.69) is 5.32 Å². The summed E-state index contributed by atoms with van der Waals surface area (Å²) in [6, 6.07) is 12.1. The van der Waals surface area contributed by atoms with Crippen molar-refractivity contribution in [3.63, 3.8) is 0 Å². The minimum atomic E-state index is -3.72. The normalized spacial score (nSPS) is 11.1. The standard InChI is InChI=1S/C20H24N2O5S2/c1-14-3-8-18(15(2)11-14)28-13-20(24)27-12-19(23)22-10-9-16-4-6-17(7-5-16)29(21,25)26/h3-8,11H,9-10,12-13H2,1-2H3,(H,22,23)(H2,21,25,26). The molecular weight excluding hydrogens is 412 g/mol. The molecule has 0 fully saturated rings. The number of aryl methyl sites for hydroxylation is 2. The molecule has 0 atom stereocenters. The molecule has 0 heterocycles. The van der Waals surface area contributed by atoms with E-state index in [4.69, 9.17) is 9.88 Å². The summed E-state index contributed by atoms with van der Waals surface area (Å²) in [5, 5.41) is 7.70. The number of thioether (sulfide) groups is 1. The Balaban J connectivity index is 1.67. The van der Waals surface area contributed by atoms with Gasteiger partial charge in [-0.25, -0.2) is 13.6 Å². The number of esters is 1. The van der Waals surface area contributed by atoms with Gasteiger partial charge in [-0.2, -0.15) is 0 Å². The van der Waals surface area contributed by atoms with E-state index in [1.54, 1.807) is 12.1 Å². The molecule has 0 saturated heterocycles. The van der Waals surface area contributed by atoms with Crippen LogP contribution in [0.1, 0.15) is 16.7 Å². The first-order chi connectivity index (χ1) is 13.6. The van der Waals surface area contributed by atoms with Crippen molar-refractivity contribution in [2.45, 2.75) is 30.1 Å². The number of primary sulfonamides is 1. The third-order valence-electron chi connectivity index (χ3n) is 4.03. The number of benzene rings is 2. The topological polar surface area (TPSA) is 116 Å². The van der Waals surface area contributed by atoms with Gasteiger partial charge in [0.25, 0.3) is 5.91 Å². The van der Waals surface area contributed by atoms with Crippen LogP contribution >= 0.6 is 11.8 Å². The molecule has 0 bridgehead atoms. The van der Waals surface area contributed by atoms with Gasteiger partial charge in [-0.05, 0) is 49.6 Å². The zero-order valence-corrected chi connectivity index (χ0v) is 17.9. The molecule has 2 aromatic carbocycles. The van der Waals surface area contributed by atoms with Gasteiger partial charge in [-0.15, -0.1) is 11.8 Å². The molecule has 0 unspecified atom stereocenters. The molecule has 0 aliphatic heterocycles. The average molecular weight is 437 g/mol. The molecule has 0 aliphatic carbocycles. The molecule has 7 nitrogen and oxygen atoms in total. The Kier molecular flexibility index (Phi) is 8.24. The van der Waals surface area contributed by atoms with Crippen molar-refractivity contribution in [3.8, 4) is 0 Å². The number of carbonyl (C=O) groups excluding carboxylic acids is 2.